The molecule has 3 rings (SSSR count). The Morgan fingerprint density at radius 3 is 3.07 bits per heavy atom. The van der Waals surface area contributed by atoms with Crippen molar-refractivity contribution < 1.29 is 4.74 Å². The number of nitrogens with zero attached hydrogens (tertiary/aromatic N) is 2. The van der Waals surface area contributed by atoms with Gasteiger partial charge in [0.1, 0.15) is 11.3 Å². The summed E-state index contributed by atoms with van der Waals surface area (Å²) in [4.78, 5) is 0. The summed E-state index contributed by atoms with van der Waals surface area (Å²) in [5.74, 6) is 1.77. The van der Waals surface area contributed by atoms with E-state index in [0.717, 1.165) is 17.2 Å². The summed E-state index contributed by atoms with van der Waals surface area (Å²) in [6.07, 6.45) is 6.47. The van der Waals surface area contributed by atoms with Crippen molar-refractivity contribution in [3.8, 4) is 5.75 Å². The Balaban J connectivity index is 1.87. The van der Waals surface area contributed by atoms with Crippen LogP contribution in [0.3, 0.4) is 0 Å². The van der Waals surface area contributed by atoms with E-state index in [1.165, 1.54) is 12.8 Å². The lowest BCUT2D eigenvalue weighted by Crippen LogP contribution is -2.32. The lowest BCUT2D eigenvalue weighted by molar-refractivity contribution is 0.0748. The predicted molar refractivity (Wildman–Crippen MR) is 58.0 cm³/mol. The number of aromatic nitrogens is 2. The molecular formula is C12H14N2O. The fourth-order valence-electron chi connectivity index (χ4n) is 2.13. The molecule has 78 valence electrons. The Bertz CT molecular complexity index is 471. The van der Waals surface area contributed by atoms with Gasteiger partial charge >= 0.3 is 0 Å². The normalized spacial score (nSPS) is 25.1. The molecule has 2 heterocycles. The van der Waals surface area contributed by atoms with Crippen LogP contribution < -0.4 is 4.74 Å². The third-order valence-corrected chi connectivity index (χ3v) is 3.02. The molecule has 0 radical (unpaired) electrons. The Morgan fingerprint density at radius 1 is 1.40 bits per heavy atom. The van der Waals surface area contributed by atoms with Crippen LogP contribution in [0.4, 0.5) is 0 Å². The average Bonchev–Trinajstić information content (AvgIpc) is 2.64. The van der Waals surface area contributed by atoms with Gasteiger partial charge < -0.3 is 4.74 Å². The standard InChI is InChI=1S/C12H14N2O/c1-9-7-10(8-9)15-12-4-5-13-14-6-2-3-11(12)14/h2-6,9-10H,7-8H2,1H3. The summed E-state index contributed by atoms with van der Waals surface area (Å²) in [5.41, 5.74) is 1.05. The molecule has 0 spiro atoms. The molecule has 0 unspecified atom stereocenters. The SMILES string of the molecule is CC1CC(Oc2ccnn3cccc23)C1. The van der Waals surface area contributed by atoms with Crippen molar-refractivity contribution in [2.45, 2.75) is 25.9 Å². The molecule has 1 fully saturated rings. The monoisotopic (exact) mass is 202 g/mol. The summed E-state index contributed by atoms with van der Waals surface area (Å²) in [5, 5.41) is 4.20. The first-order valence-corrected chi connectivity index (χ1v) is 5.42. The molecule has 0 atom stereocenters. The topological polar surface area (TPSA) is 26.5 Å². The van der Waals surface area contributed by atoms with Crippen molar-refractivity contribution >= 4 is 5.52 Å². The molecule has 0 aromatic carbocycles. The zero-order valence-corrected chi connectivity index (χ0v) is 8.76. The van der Waals surface area contributed by atoms with Gasteiger partial charge in [-0.05, 0) is 30.9 Å². The second kappa shape index (κ2) is 3.26. The van der Waals surface area contributed by atoms with Gasteiger partial charge in [0.15, 0.2) is 0 Å². The molecule has 0 amide bonds. The first-order valence-electron chi connectivity index (χ1n) is 5.42. The van der Waals surface area contributed by atoms with E-state index in [4.69, 9.17) is 4.74 Å². The van der Waals surface area contributed by atoms with E-state index in [0.29, 0.717) is 6.10 Å². The highest BCUT2D eigenvalue weighted by atomic mass is 16.5. The Kier molecular flexibility index (Phi) is 1.91. The van der Waals surface area contributed by atoms with E-state index < -0.39 is 0 Å². The Hall–Kier alpha value is -1.51. The third-order valence-electron chi connectivity index (χ3n) is 3.02. The summed E-state index contributed by atoms with van der Waals surface area (Å²) < 4.78 is 7.78. The highest BCUT2D eigenvalue weighted by Gasteiger charge is 2.27. The second-order valence-electron chi connectivity index (χ2n) is 4.35. The molecule has 2 aromatic rings. The summed E-state index contributed by atoms with van der Waals surface area (Å²) in [6, 6.07) is 5.96. The molecule has 1 aliphatic carbocycles. The molecule has 3 heteroatoms. The quantitative estimate of drug-likeness (QED) is 0.748. The van der Waals surface area contributed by atoms with Crippen LogP contribution in [0.2, 0.25) is 0 Å². The van der Waals surface area contributed by atoms with Gasteiger partial charge in [0.05, 0.1) is 12.3 Å². The van der Waals surface area contributed by atoms with Gasteiger partial charge in [0.2, 0.25) is 0 Å². The van der Waals surface area contributed by atoms with Crippen molar-refractivity contribution in [2.24, 2.45) is 5.92 Å². The predicted octanol–water partition coefficient (Wildman–Crippen LogP) is 2.51. The summed E-state index contributed by atoms with van der Waals surface area (Å²) in [7, 11) is 0. The van der Waals surface area contributed by atoms with Crippen LogP contribution in [-0.4, -0.2) is 15.7 Å². The smallest absolute Gasteiger partial charge is 0.146 e. The molecular weight excluding hydrogens is 188 g/mol. The van der Waals surface area contributed by atoms with Gasteiger partial charge in [-0.3, -0.25) is 0 Å². The molecule has 3 nitrogen and oxygen atoms in total. The van der Waals surface area contributed by atoms with Gasteiger partial charge in [-0.2, -0.15) is 5.10 Å². The van der Waals surface area contributed by atoms with Crippen LogP contribution in [0.1, 0.15) is 19.8 Å². The molecule has 2 aromatic heterocycles. The molecule has 0 N–H and O–H groups in total. The highest BCUT2D eigenvalue weighted by Crippen LogP contribution is 2.32. The van der Waals surface area contributed by atoms with Crippen LogP contribution in [-0.2, 0) is 0 Å². The Labute approximate surface area is 88.7 Å². The third kappa shape index (κ3) is 1.48. The molecule has 0 aliphatic heterocycles. The number of hydrogen-bond donors (Lipinski definition) is 0. The fraction of sp³-hybridized carbons (Fsp3) is 0.417. The maximum absolute atomic E-state index is 5.93. The largest absolute Gasteiger partial charge is 0.488 e. The van der Waals surface area contributed by atoms with Crippen molar-refractivity contribution in [3.05, 3.63) is 30.6 Å². The van der Waals surface area contributed by atoms with Crippen molar-refractivity contribution in [2.75, 3.05) is 0 Å². The van der Waals surface area contributed by atoms with Gasteiger partial charge in [0.25, 0.3) is 0 Å². The van der Waals surface area contributed by atoms with Crippen LogP contribution in [0.5, 0.6) is 5.75 Å². The van der Waals surface area contributed by atoms with E-state index in [9.17, 15) is 0 Å². The lowest BCUT2D eigenvalue weighted by atomic mass is 9.84. The molecule has 0 bridgehead atoms. The van der Waals surface area contributed by atoms with Crippen molar-refractivity contribution in [1.82, 2.24) is 9.61 Å². The minimum absolute atomic E-state index is 0.404. The van der Waals surface area contributed by atoms with Crippen molar-refractivity contribution in [1.29, 1.82) is 0 Å². The summed E-state index contributed by atoms with van der Waals surface area (Å²) >= 11 is 0. The second-order valence-corrected chi connectivity index (χ2v) is 4.35. The lowest BCUT2D eigenvalue weighted by Gasteiger charge is -2.32. The Morgan fingerprint density at radius 2 is 2.27 bits per heavy atom. The van der Waals surface area contributed by atoms with Gasteiger partial charge in [-0.25, -0.2) is 4.52 Å². The molecule has 1 aliphatic rings. The highest BCUT2D eigenvalue weighted by molar-refractivity contribution is 5.58. The van der Waals surface area contributed by atoms with Crippen LogP contribution >= 0.6 is 0 Å². The van der Waals surface area contributed by atoms with Crippen LogP contribution in [0.25, 0.3) is 5.52 Å². The van der Waals surface area contributed by atoms with Gasteiger partial charge in [-0.1, -0.05) is 6.92 Å². The maximum Gasteiger partial charge on any atom is 0.146 e. The van der Waals surface area contributed by atoms with Crippen molar-refractivity contribution in [3.63, 3.8) is 0 Å². The number of rotatable bonds is 2. The minimum atomic E-state index is 0.404. The first kappa shape index (κ1) is 8.77. The van der Waals surface area contributed by atoms with E-state index in [2.05, 4.69) is 12.0 Å². The zero-order chi connectivity index (χ0) is 10.3. The van der Waals surface area contributed by atoms with Gasteiger partial charge in [-0.15, -0.1) is 0 Å². The molecule has 15 heavy (non-hydrogen) atoms. The zero-order valence-electron chi connectivity index (χ0n) is 8.76. The van der Waals surface area contributed by atoms with Crippen LogP contribution in [0.15, 0.2) is 30.6 Å². The van der Waals surface area contributed by atoms with Gasteiger partial charge in [0, 0.05) is 12.3 Å². The fourth-order valence-corrected chi connectivity index (χ4v) is 2.13. The van der Waals surface area contributed by atoms with E-state index in [-0.39, 0.29) is 0 Å². The number of hydrogen-bond acceptors (Lipinski definition) is 2. The maximum atomic E-state index is 5.93. The van der Waals surface area contributed by atoms with E-state index in [1.807, 2.05) is 28.9 Å². The minimum Gasteiger partial charge on any atom is -0.488 e. The van der Waals surface area contributed by atoms with Crippen LogP contribution in [0, 0.1) is 5.92 Å². The number of ether oxygens (including phenoxy) is 1. The average molecular weight is 202 g/mol. The first-order chi connectivity index (χ1) is 7.33. The van der Waals surface area contributed by atoms with E-state index >= 15 is 0 Å². The summed E-state index contributed by atoms with van der Waals surface area (Å²) in [6.45, 7) is 2.26. The molecule has 1 saturated carbocycles. The number of fused-ring (bicyclic) bond motifs is 1. The van der Waals surface area contributed by atoms with E-state index in [1.54, 1.807) is 6.20 Å². The molecule has 0 saturated heterocycles.